The van der Waals surface area contributed by atoms with E-state index in [2.05, 4.69) is 4.90 Å². The first kappa shape index (κ1) is 6.44. The van der Waals surface area contributed by atoms with Gasteiger partial charge in [0.15, 0.2) is 0 Å². The van der Waals surface area contributed by atoms with Crippen LogP contribution in [0.2, 0.25) is 0 Å². The van der Waals surface area contributed by atoms with Crippen LogP contribution in [0.5, 0.6) is 0 Å². The normalized spacial score (nSPS) is 36.0. The molecule has 1 aliphatic heterocycles. The SMILES string of the molecule is C1CN(C23C[C](C2)C3)CCO1. The molecule has 61 valence electrons. The highest BCUT2D eigenvalue weighted by Crippen LogP contribution is 2.62. The van der Waals surface area contributed by atoms with E-state index in [1.807, 2.05) is 0 Å². The number of ether oxygens (including phenoxy) is 1. The van der Waals surface area contributed by atoms with Crippen molar-refractivity contribution in [2.75, 3.05) is 26.3 Å². The lowest BCUT2D eigenvalue weighted by molar-refractivity contribution is -0.0977. The minimum Gasteiger partial charge on any atom is -0.379 e. The zero-order valence-corrected chi connectivity index (χ0v) is 6.81. The first-order valence-corrected chi connectivity index (χ1v) is 4.55. The topological polar surface area (TPSA) is 12.5 Å². The van der Waals surface area contributed by atoms with Crippen molar-refractivity contribution >= 4 is 0 Å². The van der Waals surface area contributed by atoms with E-state index in [4.69, 9.17) is 4.74 Å². The molecule has 0 amide bonds. The molecule has 1 heterocycles. The highest BCUT2D eigenvalue weighted by Gasteiger charge is 2.60. The maximum Gasteiger partial charge on any atom is 0.0594 e. The van der Waals surface area contributed by atoms with Crippen LogP contribution in [0.15, 0.2) is 0 Å². The maximum atomic E-state index is 5.33. The molecule has 4 aliphatic rings. The highest BCUT2D eigenvalue weighted by atomic mass is 16.5. The summed E-state index contributed by atoms with van der Waals surface area (Å²) in [6.07, 6.45) is 4.23. The molecule has 4 rings (SSSR count). The molecule has 0 unspecified atom stereocenters. The van der Waals surface area contributed by atoms with Gasteiger partial charge in [0.25, 0.3) is 0 Å². The first-order chi connectivity index (χ1) is 5.39. The molecule has 2 bridgehead atoms. The van der Waals surface area contributed by atoms with Crippen molar-refractivity contribution in [1.82, 2.24) is 4.90 Å². The Bertz CT molecular complexity index is 157. The summed E-state index contributed by atoms with van der Waals surface area (Å²) in [6.45, 7) is 4.26. The molecule has 11 heavy (non-hydrogen) atoms. The van der Waals surface area contributed by atoms with Crippen LogP contribution in [-0.4, -0.2) is 36.7 Å². The molecular weight excluding hydrogens is 138 g/mol. The number of hydrogen-bond donors (Lipinski definition) is 0. The third kappa shape index (κ3) is 0.744. The van der Waals surface area contributed by atoms with E-state index < -0.39 is 0 Å². The molecule has 0 atom stereocenters. The third-order valence-corrected chi connectivity index (χ3v) is 3.42. The summed E-state index contributed by atoms with van der Waals surface area (Å²) in [5.41, 5.74) is 0.652. The second-order valence-electron chi connectivity index (χ2n) is 4.10. The van der Waals surface area contributed by atoms with Crippen molar-refractivity contribution in [3.05, 3.63) is 5.92 Å². The van der Waals surface area contributed by atoms with Crippen molar-refractivity contribution in [3.8, 4) is 0 Å². The molecule has 0 aromatic rings. The molecule has 2 heteroatoms. The predicted molar refractivity (Wildman–Crippen MR) is 42.2 cm³/mol. The van der Waals surface area contributed by atoms with Gasteiger partial charge in [-0.1, -0.05) is 0 Å². The highest BCUT2D eigenvalue weighted by molar-refractivity contribution is 5.32. The van der Waals surface area contributed by atoms with Crippen LogP contribution in [0, 0.1) is 5.92 Å². The van der Waals surface area contributed by atoms with Gasteiger partial charge in [-0.2, -0.15) is 0 Å². The van der Waals surface area contributed by atoms with E-state index in [-0.39, 0.29) is 0 Å². The zero-order valence-electron chi connectivity index (χ0n) is 6.81. The Morgan fingerprint density at radius 2 is 1.73 bits per heavy atom. The minimum atomic E-state index is 0.652. The summed E-state index contributed by atoms with van der Waals surface area (Å²) in [5, 5.41) is 0. The van der Waals surface area contributed by atoms with Gasteiger partial charge in [-0.05, 0) is 25.2 Å². The second-order valence-corrected chi connectivity index (χ2v) is 4.10. The smallest absolute Gasteiger partial charge is 0.0594 e. The molecule has 1 radical (unpaired) electrons. The van der Waals surface area contributed by atoms with E-state index >= 15 is 0 Å². The summed E-state index contributed by atoms with van der Waals surface area (Å²) in [5.74, 6) is 1.80. The van der Waals surface area contributed by atoms with E-state index in [9.17, 15) is 0 Å². The quantitative estimate of drug-likeness (QED) is 0.552. The zero-order chi connectivity index (χ0) is 7.31. The predicted octanol–water partition coefficient (Wildman–Crippen LogP) is 0.829. The largest absolute Gasteiger partial charge is 0.379 e. The fraction of sp³-hybridized carbons (Fsp3) is 0.889. The summed E-state index contributed by atoms with van der Waals surface area (Å²) in [4.78, 5) is 2.64. The fourth-order valence-corrected chi connectivity index (χ4v) is 2.61. The Balaban J connectivity index is 1.68. The van der Waals surface area contributed by atoms with E-state index in [1.165, 1.54) is 32.4 Å². The van der Waals surface area contributed by atoms with Crippen LogP contribution in [0.1, 0.15) is 19.3 Å². The van der Waals surface area contributed by atoms with Crippen molar-refractivity contribution in [3.63, 3.8) is 0 Å². The van der Waals surface area contributed by atoms with Crippen LogP contribution in [0.4, 0.5) is 0 Å². The van der Waals surface area contributed by atoms with E-state index in [0.717, 1.165) is 13.2 Å². The second kappa shape index (κ2) is 1.99. The van der Waals surface area contributed by atoms with Gasteiger partial charge in [0.05, 0.1) is 13.2 Å². The lowest BCUT2D eigenvalue weighted by Gasteiger charge is -2.66. The summed E-state index contributed by atoms with van der Waals surface area (Å²) in [6, 6.07) is 0. The van der Waals surface area contributed by atoms with Gasteiger partial charge in [0.1, 0.15) is 0 Å². The van der Waals surface area contributed by atoms with Gasteiger partial charge in [-0.25, -0.2) is 0 Å². The Hall–Kier alpha value is -0.0800. The van der Waals surface area contributed by atoms with Gasteiger partial charge >= 0.3 is 0 Å². The first-order valence-electron chi connectivity index (χ1n) is 4.55. The average molecular weight is 152 g/mol. The number of morpholine rings is 1. The average Bonchev–Trinajstić information content (AvgIpc) is 1.83. The van der Waals surface area contributed by atoms with Crippen LogP contribution in [-0.2, 0) is 4.74 Å². The van der Waals surface area contributed by atoms with Crippen LogP contribution in [0.25, 0.3) is 0 Å². The van der Waals surface area contributed by atoms with Gasteiger partial charge < -0.3 is 4.74 Å². The lowest BCUT2D eigenvalue weighted by Crippen LogP contribution is -2.68. The molecule has 3 aliphatic carbocycles. The Labute approximate surface area is 67.5 Å². The van der Waals surface area contributed by atoms with Gasteiger partial charge in [0.2, 0.25) is 0 Å². The van der Waals surface area contributed by atoms with Crippen molar-refractivity contribution in [2.24, 2.45) is 0 Å². The summed E-state index contributed by atoms with van der Waals surface area (Å²) >= 11 is 0. The van der Waals surface area contributed by atoms with Crippen LogP contribution in [0.3, 0.4) is 0 Å². The Morgan fingerprint density at radius 1 is 1.09 bits per heavy atom. The molecule has 0 N–H and O–H groups in total. The molecular formula is C9H14NO. The standard InChI is InChI=1S/C9H14NO/c1-3-11-4-2-10(1)9-5-8(6-9)7-9/h1-7H2. The van der Waals surface area contributed by atoms with Crippen molar-refractivity contribution in [2.45, 2.75) is 24.8 Å². The summed E-state index contributed by atoms with van der Waals surface area (Å²) < 4.78 is 5.33. The number of nitrogens with zero attached hydrogens (tertiary/aromatic N) is 1. The molecule has 0 aromatic carbocycles. The number of rotatable bonds is 1. The Morgan fingerprint density at radius 3 is 2.18 bits per heavy atom. The van der Waals surface area contributed by atoms with Crippen LogP contribution >= 0.6 is 0 Å². The van der Waals surface area contributed by atoms with E-state index in [0.29, 0.717) is 5.54 Å². The molecule has 0 spiro atoms. The van der Waals surface area contributed by atoms with Crippen molar-refractivity contribution < 1.29 is 4.74 Å². The maximum absolute atomic E-state index is 5.33. The van der Waals surface area contributed by atoms with Gasteiger partial charge in [-0.3, -0.25) is 4.90 Å². The number of hydrogen-bond acceptors (Lipinski definition) is 2. The van der Waals surface area contributed by atoms with E-state index in [1.54, 1.807) is 5.92 Å². The van der Waals surface area contributed by atoms with Gasteiger partial charge in [-0.15, -0.1) is 0 Å². The van der Waals surface area contributed by atoms with Crippen molar-refractivity contribution in [1.29, 1.82) is 0 Å². The minimum absolute atomic E-state index is 0.652. The molecule has 0 aromatic heterocycles. The molecule has 3 saturated carbocycles. The fourth-order valence-electron chi connectivity index (χ4n) is 2.61. The lowest BCUT2D eigenvalue weighted by atomic mass is 9.49. The molecule has 1 saturated heterocycles. The molecule has 2 nitrogen and oxygen atoms in total. The summed E-state index contributed by atoms with van der Waals surface area (Å²) in [7, 11) is 0. The monoisotopic (exact) mass is 152 g/mol. The molecule has 4 fully saturated rings. The van der Waals surface area contributed by atoms with Gasteiger partial charge in [0, 0.05) is 18.6 Å². The van der Waals surface area contributed by atoms with Crippen LogP contribution < -0.4 is 0 Å². The third-order valence-electron chi connectivity index (χ3n) is 3.42. The Kier molecular flexibility index (Phi) is 1.16.